The number of fused-ring (bicyclic) bond motifs is 1. The van der Waals surface area contributed by atoms with Crippen LogP contribution < -0.4 is 20.1 Å². The first kappa shape index (κ1) is 15.5. The molecular weight excluding hydrogens is 316 g/mol. The number of nitrogens with one attached hydrogen (secondary N) is 2. The van der Waals surface area contributed by atoms with Crippen LogP contribution in [-0.4, -0.2) is 25.7 Å². The molecule has 0 atom stereocenters. The number of amides is 1. The second-order valence-electron chi connectivity index (χ2n) is 5.22. The molecule has 2 aromatic rings. The number of ether oxygens (including phenoxy) is 2. The fourth-order valence-corrected chi connectivity index (χ4v) is 2.52. The van der Waals surface area contributed by atoms with Crippen molar-refractivity contribution in [1.29, 1.82) is 0 Å². The summed E-state index contributed by atoms with van der Waals surface area (Å²) in [6.45, 7) is 3.15. The second-order valence-corrected chi connectivity index (χ2v) is 5.66. The number of rotatable bonds is 4. The third kappa shape index (κ3) is 3.87. The molecule has 1 amide bonds. The molecular formula is C17H17ClN2O3. The summed E-state index contributed by atoms with van der Waals surface area (Å²) < 4.78 is 11.0. The zero-order valence-electron chi connectivity index (χ0n) is 12.7. The van der Waals surface area contributed by atoms with Crippen molar-refractivity contribution in [3.05, 3.63) is 47.0 Å². The van der Waals surface area contributed by atoms with Crippen molar-refractivity contribution in [3.8, 4) is 11.5 Å². The van der Waals surface area contributed by atoms with Gasteiger partial charge in [0.25, 0.3) is 0 Å². The zero-order valence-corrected chi connectivity index (χ0v) is 13.4. The summed E-state index contributed by atoms with van der Waals surface area (Å²) in [5.74, 6) is 1.28. The highest BCUT2D eigenvalue weighted by atomic mass is 35.5. The van der Waals surface area contributed by atoms with E-state index in [4.69, 9.17) is 21.1 Å². The van der Waals surface area contributed by atoms with Crippen LogP contribution in [0.2, 0.25) is 5.02 Å². The highest BCUT2D eigenvalue weighted by Gasteiger charge is 2.12. The smallest absolute Gasteiger partial charge is 0.243 e. The number of benzene rings is 2. The number of halogens is 1. The molecule has 3 rings (SSSR count). The fraction of sp³-hybridized carbons (Fsp3) is 0.235. The van der Waals surface area contributed by atoms with Crippen molar-refractivity contribution >= 4 is 28.9 Å². The Morgan fingerprint density at radius 1 is 1.13 bits per heavy atom. The molecule has 0 aliphatic carbocycles. The van der Waals surface area contributed by atoms with Crippen LogP contribution in [0.4, 0.5) is 11.4 Å². The molecule has 1 aliphatic heterocycles. The number of carbonyl (C=O) groups excluding carboxylic acids is 1. The molecule has 1 heterocycles. The van der Waals surface area contributed by atoms with Gasteiger partial charge in [0.1, 0.15) is 13.2 Å². The summed E-state index contributed by atoms with van der Waals surface area (Å²) in [7, 11) is 0. The predicted octanol–water partition coefficient (Wildman–Crippen LogP) is 3.47. The SMILES string of the molecule is Cc1cc(Cl)ccc1NC(=O)CNc1ccc2c(c1)OCCO2. The van der Waals surface area contributed by atoms with E-state index in [2.05, 4.69) is 10.6 Å². The van der Waals surface area contributed by atoms with E-state index in [1.807, 2.05) is 31.2 Å². The normalized spacial score (nSPS) is 12.6. The van der Waals surface area contributed by atoms with E-state index in [9.17, 15) is 4.79 Å². The van der Waals surface area contributed by atoms with Gasteiger partial charge < -0.3 is 20.1 Å². The van der Waals surface area contributed by atoms with Gasteiger partial charge in [0.05, 0.1) is 6.54 Å². The Hall–Kier alpha value is -2.40. The molecule has 23 heavy (non-hydrogen) atoms. The lowest BCUT2D eigenvalue weighted by atomic mass is 10.2. The maximum atomic E-state index is 12.0. The van der Waals surface area contributed by atoms with Gasteiger partial charge in [0, 0.05) is 22.5 Å². The molecule has 0 radical (unpaired) electrons. The number of hydrogen-bond donors (Lipinski definition) is 2. The Labute approximate surface area is 139 Å². The molecule has 5 nitrogen and oxygen atoms in total. The van der Waals surface area contributed by atoms with Crippen LogP contribution in [0.3, 0.4) is 0 Å². The average Bonchev–Trinajstić information content (AvgIpc) is 2.55. The molecule has 6 heteroatoms. The quantitative estimate of drug-likeness (QED) is 0.900. The molecule has 0 saturated carbocycles. The zero-order chi connectivity index (χ0) is 16.2. The van der Waals surface area contributed by atoms with Gasteiger partial charge in [-0.15, -0.1) is 0 Å². The van der Waals surface area contributed by atoms with E-state index in [1.165, 1.54) is 0 Å². The first-order chi connectivity index (χ1) is 11.1. The summed E-state index contributed by atoms with van der Waals surface area (Å²) >= 11 is 5.91. The predicted molar refractivity (Wildman–Crippen MR) is 90.7 cm³/mol. The second kappa shape index (κ2) is 6.79. The topological polar surface area (TPSA) is 59.6 Å². The van der Waals surface area contributed by atoms with E-state index in [0.717, 1.165) is 22.7 Å². The molecule has 0 fully saturated rings. The minimum atomic E-state index is -0.134. The highest BCUT2D eigenvalue weighted by Crippen LogP contribution is 2.32. The van der Waals surface area contributed by atoms with Crippen LogP contribution in [0.25, 0.3) is 0 Å². The van der Waals surface area contributed by atoms with Gasteiger partial charge in [-0.25, -0.2) is 0 Å². The Morgan fingerprint density at radius 3 is 2.70 bits per heavy atom. The van der Waals surface area contributed by atoms with Crippen LogP contribution in [0.5, 0.6) is 11.5 Å². The minimum Gasteiger partial charge on any atom is -0.486 e. The summed E-state index contributed by atoms with van der Waals surface area (Å²) in [6.07, 6.45) is 0. The maximum absolute atomic E-state index is 12.0. The van der Waals surface area contributed by atoms with E-state index >= 15 is 0 Å². The summed E-state index contributed by atoms with van der Waals surface area (Å²) in [5, 5.41) is 6.57. The number of carbonyl (C=O) groups is 1. The number of aryl methyl sites for hydroxylation is 1. The van der Waals surface area contributed by atoms with Crippen molar-refractivity contribution in [1.82, 2.24) is 0 Å². The van der Waals surface area contributed by atoms with Crippen LogP contribution in [-0.2, 0) is 4.79 Å². The van der Waals surface area contributed by atoms with Crippen LogP contribution >= 0.6 is 11.6 Å². The molecule has 0 unspecified atom stereocenters. The molecule has 0 aromatic heterocycles. The van der Waals surface area contributed by atoms with Crippen molar-refractivity contribution in [2.24, 2.45) is 0 Å². The third-order valence-corrected chi connectivity index (χ3v) is 3.69. The first-order valence-corrected chi connectivity index (χ1v) is 7.69. The van der Waals surface area contributed by atoms with Gasteiger partial charge in [-0.05, 0) is 42.8 Å². The average molecular weight is 333 g/mol. The molecule has 2 N–H and O–H groups in total. The Bertz CT molecular complexity index is 734. The standard InChI is InChI=1S/C17H17ClN2O3/c1-11-8-12(18)2-4-14(11)20-17(21)10-19-13-3-5-15-16(9-13)23-7-6-22-15/h2-5,8-9,19H,6-7,10H2,1H3,(H,20,21). The molecule has 2 aromatic carbocycles. The monoisotopic (exact) mass is 332 g/mol. The van der Waals surface area contributed by atoms with Crippen molar-refractivity contribution in [2.75, 3.05) is 30.4 Å². The lowest BCUT2D eigenvalue weighted by Gasteiger charge is -2.19. The van der Waals surface area contributed by atoms with Crippen LogP contribution in [0, 0.1) is 6.92 Å². The van der Waals surface area contributed by atoms with E-state index < -0.39 is 0 Å². The van der Waals surface area contributed by atoms with E-state index in [-0.39, 0.29) is 12.5 Å². The summed E-state index contributed by atoms with van der Waals surface area (Å²) in [5.41, 5.74) is 2.48. The Morgan fingerprint density at radius 2 is 1.91 bits per heavy atom. The van der Waals surface area contributed by atoms with Gasteiger partial charge in [0.15, 0.2) is 11.5 Å². The van der Waals surface area contributed by atoms with Gasteiger partial charge in [-0.2, -0.15) is 0 Å². The highest BCUT2D eigenvalue weighted by molar-refractivity contribution is 6.30. The largest absolute Gasteiger partial charge is 0.486 e. The maximum Gasteiger partial charge on any atom is 0.243 e. The van der Waals surface area contributed by atoms with Crippen molar-refractivity contribution in [3.63, 3.8) is 0 Å². The van der Waals surface area contributed by atoms with Gasteiger partial charge in [-0.3, -0.25) is 4.79 Å². The van der Waals surface area contributed by atoms with Gasteiger partial charge in [-0.1, -0.05) is 11.6 Å². The minimum absolute atomic E-state index is 0.134. The Kier molecular flexibility index (Phi) is 4.57. The lowest BCUT2D eigenvalue weighted by molar-refractivity contribution is -0.114. The molecule has 0 bridgehead atoms. The molecule has 0 saturated heterocycles. The number of hydrogen-bond acceptors (Lipinski definition) is 4. The summed E-state index contributed by atoms with van der Waals surface area (Å²) in [4.78, 5) is 12.0. The molecule has 0 spiro atoms. The van der Waals surface area contributed by atoms with Crippen LogP contribution in [0.1, 0.15) is 5.56 Å². The van der Waals surface area contributed by atoms with Gasteiger partial charge in [0.2, 0.25) is 5.91 Å². The first-order valence-electron chi connectivity index (χ1n) is 7.31. The fourth-order valence-electron chi connectivity index (χ4n) is 2.30. The van der Waals surface area contributed by atoms with Crippen molar-refractivity contribution in [2.45, 2.75) is 6.92 Å². The van der Waals surface area contributed by atoms with E-state index in [1.54, 1.807) is 12.1 Å². The van der Waals surface area contributed by atoms with E-state index in [0.29, 0.717) is 24.0 Å². The molecule has 1 aliphatic rings. The molecule has 120 valence electrons. The van der Waals surface area contributed by atoms with Crippen molar-refractivity contribution < 1.29 is 14.3 Å². The summed E-state index contributed by atoms with van der Waals surface area (Å²) in [6, 6.07) is 10.9. The van der Waals surface area contributed by atoms with Gasteiger partial charge >= 0.3 is 0 Å². The van der Waals surface area contributed by atoms with Crippen LogP contribution in [0.15, 0.2) is 36.4 Å². The Balaban J connectivity index is 1.58. The lowest BCUT2D eigenvalue weighted by Crippen LogP contribution is -2.22. The third-order valence-electron chi connectivity index (χ3n) is 3.46. The number of anilines is 2.